The van der Waals surface area contributed by atoms with Crippen molar-refractivity contribution in [3.05, 3.63) is 29.8 Å². The zero-order chi connectivity index (χ0) is 15.2. The number of nitrogens with one attached hydrogen (secondary N) is 1. The third-order valence-electron chi connectivity index (χ3n) is 4.24. The molecule has 0 bridgehead atoms. The van der Waals surface area contributed by atoms with Crippen LogP contribution in [0, 0.1) is 11.8 Å². The van der Waals surface area contributed by atoms with Crippen LogP contribution in [-0.4, -0.2) is 17.0 Å². The maximum absolute atomic E-state index is 12.2. The Kier molecular flexibility index (Phi) is 5.37. The van der Waals surface area contributed by atoms with Crippen LogP contribution in [0.2, 0.25) is 0 Å². The van der Waals surface area contributed by atoms with E-state index >= 15 is 0 Å². The maximum atomic E-state index is 12.2. The Bertz CT molecular complexity index is 487. The van der Waals surface area contributed by atoms with Gasteiger partial charge < -0.3 is 10.4 Å². The predicted octanol–water partition coefficient (Wildman–Crippen LogP) is 3.47. The number of aryl methyl sites for hydroxylation is 1. The molecule has 1 fully saturated rings. The summed E-state index contributed by atoms with van der Waals surface area (Å²) in [6.45, 7) is 2.24. The number of carbonyl (C=O) groups excluding carboxylic acids is 1. The van der Waals surface area contributed by atoms with Gasteiger partial charge in [-0.3, -0.25) is 9.59 Å². The molecule has 1 aromatic rings. The number of carboxylic acid groups (broad SMARTS) is 1. The Hall–Kier alpha value is -1.84. The second-order valence-corrected chi connectivity index (χ2v) is 6.04. The number of aliphatic carboxylic acids is 1. The first-order chi connectivity index (χ1) is 10.0. The van der Waals surface area contributed by atoms with Crippen molar-refractivity contribution in [1.29, 1.82) is 0 Å². The van der Waals surface area contributed by atoms with Gasteiger partial charge in [-0.05, 0) is 55.7 Å². The zero-order valence-corrected chi connectivity index (χ0v) is 12.5. The van der Waals surface area contributed by atoms with E-state index in [4.69, 9.17) is 5.11 Å². The van der Waals surface area contributed by atoms with Crippen molar-refractivity contribution in [2.45, 2.75) is 45.4 Å². The maximum Gasteiger partial charge on any atom is 0.303 e. The van der Waals surface area contributed by atoms with Crippen LogP contribution in [0.1, 0.15) is 44.6 Å². The summed E-state index contributed by atoms with van der Waals surface area (Å²) in [5, 5.41) is 11.6. The minimum Gasteiger partial charge on any atom is -0.481 e. The van der Waals surface area contributed by atoms with Crippen molar-refractivity contribution in [3.8, 4) is 0 Å². The third kappa shape index (κ3) is 4.88. The first kappa shape index (κ1) is 15.5. The van der Waals surface area contributed by atoms with E-state index in [1.165, 1.54) is 0 Å². The number of anilines is 1. The third-order valence-corrected chi connectivity index (χ3v) is 4.24. The van der Waals surface area contributed by atoms with Crippen LogP contribution in [-0.2, 0) is 16.0 Å². The molecule has 2 N–H and O–H groups in total. The minimum atomic E-state index is -0.793. The molecule has 0 heterocycles. The minimum absolute atomic E-state index is 0.111. The Morgan fingerprint density at radius 1 is 1.14 bits per heavy atom. The van der Waals surface area contributed by atoms with Gasteiger partial charge >= 0.3 is 5.97 Å². The fourth-order valence-corrected chi connectivity index (χ4v) is 2.77. The average molecular weight is 289 g/mol. The number of rotatable bonds is 5. The van der Waals surface area contributed by atoms with Crippen LogP contribution in [0.4, 0.5) is 5.69 Å². The predicted molar refractivity (Wildman–Crippen MR) is 82.2 cm³/mol. The SMILES string of the molecule is CC1CCC(C(=O)Nc2ccc(CCC(=O)O)cc2)CC1. The van der Waals surface area contributed by atoms with Crippen LogP contribution in [0.25, 0.3) is 0 Å². The summed E-state index contributed by atoms with van der Waals surface area (Å²) in [6, 6.07) is 7.45. The van der Waals surface area contributed by atoms with Crippen molar-refractivity contribution in [2.75, 3.05) is 5.32 Å². The van der Waals surface area contributed by atoms with E-state index in [0.29, 0.717) is 6.42 Å². The molecule has 1 saturated carbocycles. The molecule has 0 aliphatic heterocycles. The van der Waals surface area contributed by atoms with Crippen molar-refractivity contribution < 1.29 is 14.7 Å². The van der Waals surface area contributed by atoms with Gasteiger partial charge in [0, 0.05) is 18.0 Å². The summed E-state index contributed by atoms with van der Waals surface area (Å²) in [4.78, 5) is 22.7. The summed E-state index contributed by atoms with van der Waals surface area (Å²) in [6.07, 6.45) is 4.86. The highest BCUT2D eigenvalue weighted by atomic mass is 16.4. The zero-order valence-electron chi connectivity index (χ0n) is 12.5. The molecule has 0 saturated heterocycles. The first-order valence-corrected chi connectivity index (χ1v) is 7.66. The highest BCUT2D eigenvalue weighted by Crippen LogP contribution is 2.29. The number of benzene rings is 1. The lowest BCUT2D eigenvalue weighted by atomic mass is 9.82. The lowest BCUT2D eigenvalue weighted by Gasteiger charge is -2.25. The van der Waals surface area contributed by atoms with Crippen molar-refractivity contribution >= 4 is 17.6 Å². The van der Waals surface area contributed by atoms with Crippen LogP contribution in [0.3, 0.4) is 0 Å². The van der Waals surface area contributed by atoms with E-state index in [-0.39, 0.29) is 18.2 Å². The van der Waals surface area contributed by atoms with Gasteiger partial charge in [0.25, 0.3) is 0 Å². The molecule has 114 valence electrons. The molecule has 2 rings (SSSR count). The Morgan fingerprint density at radius 2 is 1.76 bits per heavy atom. The summed E-state index contributed by atoms with van der Waals surface area (Å²) in [7, 11) is 0. The van der Waals surface area contributed by atoms with E-state index in [2.05, 4.69) is 12.2 Å². The van der Waals surface area contributed by atoms with Gasteiger partial charge in [-0.1, -0.05) is 19.1 Å². The van der Waals surface area contributed by atoms with Crippen molar-refractivity contribution in [3.63, 3.8) is 0 Å². The van der Waals surface area contributed by atoms with Crippen LogP contribution in [0.5, 0.6) is 0 Å². The van der Waals surface area contributed by atoms with E-state index < -0.39 is 5.97 Å². The lowest BCUT2D eigenvalue weighted by Crippen LogP contribution is -2.26. The topological polar surface area (TPSA) is 66.4 Å². The van der Waals surface area contributed by atoms with E-state index in [1.807, 2.05) is 24.3 Å². The fraction of sp³-hybridized carbons (Fsp3) is 0.529. The van der Waals surface area contributed by atoms with Gasteiger partial charge in [-0.25, -0.2) is 0 Å². The number of amides is 1. The molecule has 0 spiro atoms. The van der Waals surface area contributed by atoms with Gasteiger partial charge in [0.05, 0.1) is 0 Å². The monoisotopic (exact) mass is 289 g/mol. The number of carboxylic acids is 1. The van der Waals surface area contributed by atoms with E-state index in [9.17, 15) is 9.59 Å². The quantitative estimate of drug-likeness (QED) is 0.872. The first-order valence-electron chi connectivity index (χ1n) is 7.66. The Morgan fingerprint density at radius 3 is 2.33 bits per heavy atom. The molecule has 0 aromatic heterocycles. The molecule has 0 unspecified atom stereocenters. The second kappa shape index (κ2) is 7.25. The van der Waals surface area contributed by atoms with Gasteiger partial charge in [-0.2, -0.15) is 0 Å². The number of hydrogen-bond donors (Lipinski definition) is 2. The largest absolute Gasteiger partial charge is 0.481 e. The Labute approximate surface area is 125 Å². The van der Waals surface area contributed by atoms with E-state index in [1.54, 1.807) is 0 Å². The van der Waals surface area contributed by atoms with Crippen LogP contribution < -0.4 is 5.32 Å². The fourth-order valence-electron chi connectivity index (χ4n) is 2.77. The molecular formula is C17H23NO3. The highest BCUT2D eigenvalue weighted by molar-refractivity contribution is 5.92. The van der Waals surface area contributed by atoms with Crippen LogP contribution in [0.15, 0.2) is 24.3 Å². The molecule has 4 heteroatoms. The molecule has 1 aliphatic rings. The summed E-state index contributed by atoms with van der Waals surface area (Å²) in [5.74, 6) is 0.189. The molecule has 21 heavy (non-hydrogen) atoms. The molecular weight excluding hydrogens is 266 g/mol. The van der Waals surface area contributed by atoms with E-state index in [0.717, 1.165) is 42.9 Å². The number of hydrogen-bond acceptors (Lipinski definition) is 2. The molecule has 0 atom stereocenters. The molecule has 1 aliphatic carbocycles. The summed E-state index contributed by atoms with van der Waals surface area (Å²) < 4.78 is 0. The van der Waals surface area contributed by atoms with Crippen molar-refractivity contribution in [2.24, 2.45) is 11.8 Å². The van der Waals surface area contributed by atoms with Gasteiger partial charge in [0.1, 0.15) is 0 Å². The molecule has 1 amide bonds. The lowest BCUT2D eigenvalue weighted by molar-refractivity contribution is -0.137. The smallest absolute Gasteiger partial charge is 0.303 e. The number of carbonyl (C=O) groups is 2. The average Bonchev–Trinajstić information content (AvgIpc) is 2.47. The summed E-state index contributed by atoms with van der Waals surface area (Å²) >= 11 is 0. The van der Waals surface area contributed by atoms with Gasteiger partial charge in [0.15, 0.2) is 0 Å². The van der Waals surface area contributed by atoms with Gasteiger partial charge in [-0.15, -0.1) is 0 Å². The molecule has 1 aromatic carbocycles. The molecule has 4 nitrogen and oxygen atoms in total. The van der Waals surface area contributed by atoms with Gasteiger partial charge in [0.2, 0.25) is 5.91 Å². The normalized spacial score (nSPS) is 21.8. The summed E-state index contributed by atoms with van der Waals surface area (Å²) in [5.41, 5.74) is 1.76. The highest BCUT2D eigenvalue weighted by Gasteiger charge is 2.24. The van der Waals surface area contributed by atoms with Crippen LogP contribution >= 0.6 is 0 Å². The van der Waals surface area contributed by atoms with Crippen molar-refractivity contribution in [1.82, 2.24) is 0 Å². The standard InChI is InChI=1S/C17H23NO3/c1-12-2-7-14(8-3-12)17(21)18-15-9-4-13(5-10-15)6-11-16(19)20/h4-5,9-10,12,14H,2-3,6-8,11H2,1H3,(H,18,21)(H,19,20). The Balaban J connectivity index is 1.85. The second-order valence-electron chi connectivity index (χ2n) is 6.04. The molecule has 0 radical (unpaired) electrons.